The summed E-state index contributed by atoms with van der Waals surface area (Å²) in [4.78, 5) is 0. The topological polar surface area (TPSA) is 29.8 Å². The van der Waals surface area contributed by atoms with E-state index in [-0.39, 0.29) is 0 Å². The van der Waals surface area contributed by atoms with Crippen molar-refractivity contribution in [3.63, 3.8) is 0 Å². The van der Waals surface area contributed by atoms with Gasteiger partial charge in [0.2, 0.25) is 0 Å². The van der Waals surface area contributed by atoms with E-state index in [9.17, 15) is 0 Å². The van der Waals surface area contributed by atoms with Gasteiger partial charge in [-0.3, -0.25) is 0 Å². The molecule has 2 aromatic rings. The van der Waals surface area contributed by atoms with E-state index in [1.165, 1.54) is 38.5 Å². The van der Waals surface area contributed by atoms with Gasteiger partial charge in [0.1, 0.15) is 12.3 Å². The summed E-state index contributed by atoms with van der Waals surface area (Å²) < 4.78 is 6.10. The van der Waals surface area contributed by atoms with Crippen molar-refractivity contribution in [3.8, 4) is 11.3 Å². The molecule has 1 heterocycles. The van der Waals surface area contributed by atoms with Gasteiger partial charge >= 0.3 is 0 Å². The molecule has 4 heteroatoms. The fourth-order valence-corrected chi connectivity index (χ4v) is 7.10. The first-order chi connectivity index (χ1) is 13.0. The molecule has 1 aromatic heterocycles. The van der Waals surface area contributed by atoms with Crippen molar-refractivity contribution in [2.45, 2.75) is 58.0 Å². The van der Waals surface area contributed by atoms with Crippen molar-refractivity contribution in [2.75, 3.05) is 0 Å². The van der Waals surface area contributed by atoms with Gasteiger partial charge in [0.15, 0.2) is 5.76 Å². The molecule has 4 aliphatic carbocycles. The molecule has 0 amide bonds. The number of quaternary nitrogens is 1. The van der Waals surface area contributed by atoms with Crippen LogP contribution in [-0.4, -0.2) is 6.04 Å². The van der Waals surface area contributed by atoms with Crippen LogP contribution in [0.25, 0.3) is 11.3 Å². The molecule has 1 atom stereocenters. The van der Waals surface area contributed by atoms with E-state index < -0.39 is 0 Å². The highest BCUT2D eigenvalue weighted by Gasteiger charge is 2.54. The van der Waals surface area contributed by atoms with Crippen LogP contribution in [0.4, 0.5) is 0 Å². The van der Waals surface area contributed by atoms with E-state index in [1.807, 2.05) is 18.2 Å². The van der Waals surface area contributed by atoms with Crippen molar-refractivity contribution in [1.82, 2.24) is 0 Å². The maximum Gasteiger partial charge on any atom is 0.158 e. The van der Waals surface area contributed by atoms with Gasteiger partial charge in [-0.15, -0.1) is 0 Å². The number of hydrogen-bond donors (Lipinski definition) is 1. The standard InChI is InChI=1S/C23H27Cl2NO/c1-14(23-10-15-6-16(11-23)8-17(7-15)12-23)26-13-19-3-5-22(27-19)20-4-2-18(24)9-21(20)25/h2-5,9,14-17,26H,6-8,10-13H2,1H3/p+1/t14-,15?,16?,17?,23?/m0/s1. The lowest BCUT2D eigenvalue weighted by molar-refractivity contribution is -0.718. The third kappa shape index (κ3) is 3.34. The molecule has 144 valence electrons. The Morgan fingerprint density at radius 2 is 1.70 bits per heavy atom. The van der Waals surface area contributed by atoms with Crippen LogP contribution in [-0.2, 0) is 6.54 Å². The van der Waals surface area contributed by atoms with E-state index in [0.717, 1.165) is 41.4 Å². The van der Waals surface area contributed by atoms with Gasteiger partial charge in [-0.1, -0.05) is 23.2 Å². The Morgan fingerprint density at radius 3 is 2.33 bits per heavy atom. The zero-order chi connectivity index (χ0) is 18.6. The van der Waals surface area contributed by atoms with Gasteiger partial charge in [0.25, 0.3) is 0 Å². The zero-order valence-electron chi connectivity index (χ0n) is 15.9. The van der Waals surface area contributed by atoms with E-state index in [0.29, 0.717) is 21.5 Å². The summed E-state index contributed by atoms with van der Waals surface area (Å²) in [6.45, 7) is 3.35. The lowest BCUT2D eigenvalue weighted by Gasteiger charge is -2.57. The number of hydrogen-bond acceptors (Lipinski definition) is 1. The summed E-state index contributed by atoms with van der Waals surface area (Å²) in [5.41, 5.74) is 1.48. The number of furan rings is 1. The fraction of sp³-hybridized carbons (Fsp3) is 0.565. The van der Waals surface area contributed by atoms with Crippen LogP contribution >= 0.6 is 23.2 Å². The molecule has 4 saturated carbocycles. The quantitative estimate of drug-likeness (QED) is 0.657. The lowest BCUT2D eigenvalue weighted by atomic mass is 9.48. The number of rotatable bonds is 5. The molecule has 0 saturated heterocycles. The Balaban J connectivity index is 1.26. The average Bonchev–Trinajstić information content (AvgIpc) is 3.07. The molecule has 0 spiro atoms. The van der Waals surface area contributed by atoms with Gasteiger partial charge in [0, 0.05) is 16.0 Å². The fourth-order valence-electron chi connectivity index (χ4n) is 6.60. The molecule has 4 fully saturated rings. The number of nitrogens with two attached hydrogens (primary N) is 1. The maximum absolute atomic E-state index is 6.33. The van der Waals surface area contributed by atoms with E-state index in [2.05, 4.69) is 18.3 Å². The molecule has 0 radical (unpaired) electrons. The van der Waals surface area contributed by atoms with E-state index >= 15 is 0 Å². The third-order valence-electron chi connectivity index (χ3n) is 7.58. The largest absolute Gasteiger partial charge is 0.455 e. The van der Waals surface area contributed by atoms with Crippen molar-refractivity contribution in [1.29, 1.82) is 0 Å². The molecule has 4 aliphatic rings. The summed E-state index contributed by atoms with van der Waals surface area (Å²) in [5.74, 6) is 4.87. The number of benzene rings is 1. The van der Waals surface area contributed by atoms with Crippen LogP contribution in [0.3, 0.4) is 0 Å². The molecule has 2 N–H and O–H groups in total. The summed E-state index contributed by atoms with van der Waals surface area (Å²) in [5, 5.41) is 3.79. The Labute approximate surface area is 171 Å². The van der Waals surface area contributed by atoms with Crippen molar-refractivity contribution in [3.05, 3.63) is 46.1 Å². The van der Waals surface area contributed by atoms with Crippen molar-refractivity contribution < 1.29 is 9.73 Å². The van der Waals surface area contributed by atoms with Crippen LogP contribution in [0.2, 0.25) is 10.0 Å². The maximum atomic E-state index is 6.33. The van der Waals surface area contributed by atoms with Crippen LogP contribution < -0.4 is 5.32 Å². The van der Waals surface area contributed by atoms with Gasteiger partial charge in [-0.2, -0.15) is 0 Å². The summed E-state index contributed by atoms with van der Waals surface area (Å²) in [6, 6.07) is 10.3. The van der Waals surface area contributed by atoms with Gasteiger partial charge in [-0.05, 0) is 93.5 Å². The van der Waals surface area contributed by atoms with E-state index in [4.69, 9.17) is 27.6 Å². The Hall–Kier alpha value is -0.960. The average molecular weight is 405 g/mol. The zero-order valence-corrected chi connectivity index (χ0v) is 17.4. The van der Waals surface area contributed by atoms with Crippen molar-refractivity contribution >= 4 is 23.2 Å². The molecule has 0 aliphatic heterocycles. The first-order valence-corrected chi connectivity index (χ1v) is 11.1. The molecular formula is C23H28Cl2NO+. The first kappa shape index (κ1) is 18.1. The molecular weight excluding hydrogens is 377 g/mol. The Kier molecular flexibility index (Phi) is 4.57. The second-order valence-electron chi connectivity index (χ2n) is 9.40. The van der Waals surface area contributed by atoms with Crippen LogP contribution in [0.15, 0.2) is 34.7 Å². The summed E-state index contributed by atoms with van der Waals surface area (Å²) >= 11 is 12.3. The second kappa shape index (κ2) is 6.83. The molecule has 6 rings (SSSR count). The molecule has 1 aromatic carbocycles. The Morgan fingerprint density at radius 1 is 1.04 bits per heavy atom. The monoisotopic (exact) mass is 404 g/mol. The third-order valence-corrected chi connectivity index (χ3v) is 8.13. The highest BCUT2D eigenvalue weighted by Crippen LogP contribution is 2.60. The minimum atomic E-state index is 0.573. The highest BCUT2D eigenvalue weighted by molar-refractivity contribution is 6.36. The molecule has 2 nitrogen and oxygen atoms in total. The van der Waals surface area contributed by atoms with Crippen LogP contribution in [0.1, 0.15) is 51.2 Å². The minimum absolute atomic E-state index is 0.573. The highest BCUT2D eigenvalue weighted by atomic mass is 35.5. The normalized spacial score (nSPS) is 32.8. The molecule has 27 heavy (non-hydrogen) atoms. The summed E-state index contributed by atoms with van der Waals surface area (Å²) in [7, 11) is 0. The summed E-state index contributed by atoms with van der Waals surface area (Å²) in [6.07, 6.45) is 8.90. The molecule has 0 unspecified atom stereocenters. The van der Waals surface area contributed by atoms with E-state index in [1.54, 1.807) is 6.07 Å². The SMILES string of the molecule is C[C@H]([NH2+]Cc1ccc(-c2ccc(Cl)cc2Cl)o1)C12CC3CC(CC(C3)C1)C2. The minimum Gasteiger partial charge on any atom is -0.455 e. The van der Waals surface area contributed by atoms with Crippen LogP contribution in [0.5, 0.6) is 0 Å². The number of halogens is 2. The first-order valence-electron chi connectivity index (χ1n) is 10.4. The second-order valence-corrected chi connectivity index (χ2v) is 10.2. The predicted molar refractivity (Wildman–Crippen MR) is 110 cm³/mol. The molecule has 4 bridgehead atoms. The van der Waals surface area contributed by atoms with Gasteiger partial charge in [0.05, 0.1) is 11.1 Å². The smallest absolute Gasteiger partial charge is 0.158 e. The Bertz CT molecular complexity index is 807. The lowest BCUT2D eigenvalue weighted by Crippen LogP contribution is -2.91. The van der Waals surface area contributed by atoms with Gasteiger partial charge < -0.3 is 9.73 Å². The van der Waals surface area contributed by atoms with Gasteiger partial charge in [-0.25, -0.2) is 0 Å². The van der Waals surface area contributed by atoms with Crippen LogP contribution in [0, 0.1) is 23.2 Å². The van der Waals surface area contributed by atoms with Crippen molar-refractivity contribution in [2.24, 2.45) is 23.2 Å². The predicted octanol–water partition coefficient (Wildman–Crippen LogP) is 5.92.